The van der Waals surface area contributed by atoms with Crippen LogP contribution in [0.2, 0.25) is 0 Å². The fourth-order valence-corrected chi connectivity index (χ4v) is 4.59. The molecule has 1 fully saturated rings. The molecule has 3 aliphatic rings. The maximum Gasteiger partial charge on any atom is 0.00566 e. The molecule has 0 saturated carbocycles. The Morgan fingerprint density at radius 3 is 3.17 bits per heavy atom. The first kappa shape index (κ1) is 7.09. The van der Waals surface area contributed by atoms with E-state index in [2.05, 4.69) is 36.5 Å². The Balaban J connectivity index is 1.93. The van der Waals surface area contributed by atoms with Crippen LogP contribution >= 0.6 is 8.58 Å². The van der Waals surface area contributed by atoms with Crippen LogP contribution < -0.4 is 0 Å². The summed E-state index contributed by atoms with van der Waals surface area (Å²) in [5, 5.41) is 0. The number of fused-ring (bicyclic) bond motifs is 3. The van der Waals surface area contributed by atoms with Crippen LogP contribution in [0.4, 0.5) is 0 Å². The normalized spacial score (nSPS) is 50.0. The van der Waals surface area contributed by atoms with Gasteiger partial charge in [0.1, 0.15) is 0 Å². The average molecular weight is 175 g/mol. The second-order valence-electron chi connectivity index (χ2n) is 3.79. The molecule has 0 aromatic rings. The Hall–Kier alpha value is -0.350. The molecule has 0 aromatic carbocycles. The molecule has 0 N–H and O–H groups in total. The number of rotatable bonds is 0. The highest BCUT2D eigenvalue weighted by Crippen LogP contribution is 2.53. The first-order chi connectivity index (χ1) is 5.95. The van der Waals surface area contributed by atoms with Gasteiger partial charge in [0, 0.05) is 11.3 Å². The minimum absolute atomic E-state index is 0.799. The van der Waals surface area contributed by atoms with E-state index in [1.807, 2.05) is 0 Å². The lowest BCUT2D eigenvalue weighted by Crippen LogP contribution is -2.17. The summed E-state index contributed by atoms with van der Waals surface area (Å²) < 4.78 is 0. The second kappa shape index (κ2) is 2.57. The zero-order chi connectivity index (χ0) is 7.97. The summed E-state index contributed by atoms with van der Waals surface area (Å²) in [7, 11) is 1.09. The van der Waals surface area contributed by atoms with Crippen molar-refractivity contribution in [3.05, 3.63) is 36.5 Å². The Labute approximate surface area is 75.2 Å². The molecule has 0 nitrogen and oxygen atoms in total. The summed E-state index contributed by atoms with van der Waals surface area (Å²) in [5.41, 5.74) is 1.65. The van der Waals surface area contributed by atoms with Gasteiger partial charge < -0.3 is 0 Å². The van der Waals surface area contributed by atoms with Gasteiger partial charge in [0.15, 0.2) is 0 Å². The fraction of sp³-hybridized carbons (Fsp3) is 0.455. The third-order valence-corrected chi connectivity index (χ3v) is 5.08. The maximum absolute atomic E-state index is 3.49. The van der Waals surface area contributed by atoms with Crippen LogP contribution in [-0.4, -0.2) is 11.3 Å². The van der Waals surface area contributed by atoms with E-state index >= 15 is 0 Å². The molecule has 2 aliphatic carbocycles. The largest absolute Gasteiger partial charge is 0.106 e. The van der Waals surface area contributed by atoms with Gasteiger partial charge in [0.2, 0.25) is 0 Å². The quantitative estimate of drug-likeness (QED) is 0.496. The van der Waals surface area contributed by atoms with Crippen LogP contribution in [0.1, 0.15) is 6.42 Å². The molecule has 0 spiro atoms. The first-order valence-corrected chi connectivity index (χ1v) is 5.79. The number of hydrogen-bond acceptors (Lipinski definition) is 0. The van der Waals surface area contributed by atoms with Crippen molar-refractivity contribution in [3.63, 3.8) is 0 Å². The van der Waals surface area contributed by atoms with Crippen molar-refractivity contribution < 1.29 is 0 Å². The van der Waals surface area contributed by atoms with Gasteiger partial charge in [0.25, 0.3) is 0 Å². The monoisotopic (exact) mass is 175 g/mol. The summed E-state index contributed by atoms with van der Waals surface area (Å²) in [4.78, 5) is 0. The van der Waals surface area contributed by atoms with Gasteiger partial charge in [0.05, 0.1) is 0 Å². The molecule has 0 aromatic heterocycles. The molecule has 1 heteroatoms. The highest BCUT2D eigenvalue weighted by Gasteiger charge is 2.41. The van der Waals surface area contributed by atoms with E-state index in [9.17, 15) is 0 Å². The van der Waals surface area contributed by atoms with Crippen molar-refractivity contribution in [1.29, 1.82) is 0 Å². The molecular formula is C11H12P. The first-order valence-electron chi connectivity index (χ1n) is 4.64. The lowest BCUT2D eigenvalue weighted by atomic mass is 9.85. The molecule has 5 atom stereocenters. The van der Waals surface area contributed by atoms with Gasteiger partial charge in [-0.2, -0.15) is 0 Å². The Morgan fingerprint density at radius 2 is 2.17 bits per heavy atom. The smallest absolute Gasteiger partial charge is 0.00566 e. The van der Waals surface area contributed by atoms with Crippen molar-refractivity contribution in [1.82, 2.24) is 0 Å². The molecule has 5 unspecified atom stereocenters. The molecule has 3 rings (SSSR count). The number of allylic oxidation sites excluding steroid dienone is 6. The molecular weight excluding hydrogens is 163 g/mol. The molecule has 1 saturated heterocycles. The van der Waals surface area contributed by atoms with E-state index in [-0.39, 0.29) is 0 Å². The highest BCUT2D eigenvalue weighted by atomic mass is 31.1. The van der Waals surface area contributed by atoms with E-state index in [0.29, 0.717) is 0 Å². The Morgan fingerprint density at radius 1 is 1.25 bits per heavy atom. The van der Waals surface area contributed by atoms with Gasteiger partial charge in [-0.05, 0) is 24.3 Å². The van der Waals surface area contributed by atoms with Crippen molar-refractivity contribution in [2.24, 2.45) is 11.8 Å². The minimum Gasteiger partial charge on any atom is -0.106 e. The van der Waals surface area contributed by atoms with Gasteiger partial charge in [-0.25, -0.2) is 0 Å². The van der Waals surface area contributed by atoms with Crippen LogP contribution in [0, 0.1) is 17.9 Å². The molecule has 0 bridgehead atoms. The number of hydrogen-bond donors (Lipinski definition) is 0. The third kappa shape index (κ3) is 0.880. The lowest BCUT2D eigenvalue weighted by Gasteiger charge is -2.19. The minimum atomic E-state index is 0.799. The fourth-order valence-electron chi connectivity index (χ4n) is 2.55. The Bertz CT molecular complexity index is 275. The third-order valence-electron chi connectivity index (χ3n) is 3.16. The highest BCUT2D eigenvalue weighted by molar-refractivity contribution is 7.40. The van der Waals surface area contributed by atoms with Crippen molar-refractivity contribution >= 4 is 8.58 Å². The van der Waals surface area contributed by atoms with Crippen molar-refractivity contribution in [2.75, 3.05) is 0 Å². The molecule has 1 radical (unpaired) electrons. The molecule has 1 aliphatic heterocycles. The molecule has 12 heavy (non-hydrogen) atoms. The summed E-state index contributed by atoms with van der Waals surface area (Å²) in [5.74, 6) is 1.74. The predicted molar refractivity (Wildman–Crippen MR) is 53.6 cm³/mol. The van der Waals surface area contributed by atoms with E-state index in [1.165, 1.54) is 6.42 Å². The summed E-state index contributed by atoms with van der Waals surface area (Å²) in [6.45, 7) is 0. The zero-order valence-corrected chi connectivity index (χ0v) is 7.90. The van der Waals surface area contributed by atoms with Crippen LogP contribution in [0.15, 0.2) is 30.4 Å². The SMILES string of the molecule is [C]1=CCC2C1PC1C=CC=CC12. The molecule has 1 heterocycles. The van der Waals surface area contributed by atoms with Gasteiger partial charge in [-0.3, -0.25) is 0 Å². The maximum atomic E-state index is 3.49. The van der Waals surface area contributed by atoms with Gasteiger partial charge in [-0.15, -0.1) is 8.58 Å². The predicted octanol–water partition coefficient (Wildman–Crippen LogP) is 2.54. The summed E-state index contributed by atoms with van der Waals surface area (Å²) >= 11 is 0. The Kier molecular flexibility index (Phi) is 1.52. The van der Waals surface area contributed by atoms with Crippen molar-refractivity contribution in [3.8, 4) is 0 Å². The lowest BCUT2D eigenvalue weighted by molar-refractivity contribution is 0.459. The standard InChI is InChI=1S/C11H12P/c1-2-6-10-8(4-1)9-5-3-7-11(9)12-10/h1-4,6,8-12H,5H2. The van der Waals surface area contributed by atoms with E-state index in [0.717, 1.165) is 31.7 Å². The van der Waals surface area contributed by atoms with Crippen LogP contribution in [0.3, 0.4) is 0 Å². The molecule has 0 amide bonds. The van der Waals surface area contributed by atoms with E-state index < -0.39 is 0 Å². The summed E-state index contributed by atoms with van der Waals surface area (Å²) in [6, 6.07) is 0. The van der Waals surface area contributed by atoms with E-state index in [4.69, 9.17) is 0 Å². The average Bonchev–Trinajstić information content (AvgIpc) is 2.62. The van der Waals surface area contributed by atoms with Gasteiger partial charge in [-0.1, -0.05) is 30.4 Å². The van der Waals surface area contributed by atoms with E-state index in [1.54, 1.807) is 0 Å². The van der Waals surface area contributed by atoms with Gasteiger partial charge >= 0.3 is 0 Å². The van der Waals surface area contributed by atoms with Crippen LogP contribution in [-0.2, 0) is 0 Å². The summed E-state index contributed by atoms with van der Waals surface area (Å²) in [6.07, 6.45) is 16.2. The zero-order valence-electron chi connectivity index (χ0n) is 6.90. The van der Waals surface area contributed by atoms with Crippen LogP contribution in [0.25, 0.3) is 0 Å². The topological polar surface area (TPSA) is 0 Å². The molecule has 61 valence electrons. The second-order valence-corrected chi connectivity index (χ2v) is 5.41. The van der Waals surface area contributed by atoms with Crippen LogP contribution in [0.5, 0.6) is 0 Å². The van der Waals surface area contributed by atoms with Crippen molar-refractivity contribution in [2.45, 2.75) is 17.7 Å².